The highest BCUT2D eigenvalue weighted by molar-refractivity contribution is 5.79. The second kappa shape index (κ2) is 8.32. The van der Waals surface area contributed by atoms with Crippen LogP contribution in [-0.2, 0) is 6.42 Å². The second-order valence-corrected chi connectivity index (χ2v) is 7.36. The lowest BCUT2D eigenvalue weighted by molar-refractivity contribution is 0.104. The zero-order valence-electron chi connectivity index (χ0n) is 15.2. The Balaban J connectivity index is 1.74. The van der Waals surface area contributed by atoms with Gasteiger partial charge >= 0.3 is 0 Å². The maximum atomic E-state index is 4.35. The lowest BCUT2D eigenvalue weighted by Gasteiger charge is -2.43. The monoisotopic (exact) mass is 316 g/mol. The summed E-state index contributed by atoms with van der Waals surface area (Å²) >= 11 is 0. The molecule has 1 aliphatic carbocycles. The van der Waals surface area contributed by atoms with E-state index in [1.807, 2.05) is 20.2 Å². The third-order valence-electron chi connectivity index (χ3n) is 4.79. The molecule has 0 saturated heterocycles. The van der Waals surface area contributed by atoms with E-state index in [1.165, 1.54) is 31.2 Å². The summed E-state index contributed by atoms with van der Waals surface area (Å²) in [6.45, 7) is 8.57. The topological polar surface area (TPSA) is 49.3 Å². The van der Waals surface area contributed by atoms with Gasteiger partial charge in [-0.3, -0.25) is 9.98 Å². The van der Waals surface area contributed by atoms with Gasteiger partial charge in [-0.05, 0) is 55.6 Å². The highest BCUT2D eigenvalue weighted by Crippen LogP contribution is 2.45. The fraction of sp³-hybridized carbons (Fsp3) is 0.684. The first-order chi connectivity index (χ1) is 11.0. The fourth-order valence-electron chi connectivity index (χ4n) is 3.46. The van der Waals surface area contributed by atoms with Gasteiger partial charge in [0.2, 0.25) is 0 Å². The molecule has 1 heterocycles. The number of nitrogens with one attached hydrogen (secondary N) is 2. The summed E-state index contributed by atoms with van der Waals surface area (Å²) in [5.41, 5.74) is 2.82. The van der Waals surface area contributed by atoms with Gasteiger partial charge in [0.05, 0.1) is 0 Å². The quantitative estimate of drug-likeness (QED) is 0.599. The van der Waals surface area contributed by atoms with Crippen molar-refractivity contribution in [2.24, 2.45) is 16.3 Å². The summed E-state index contributed by atoms with van der Waals surface area (Å²) in [6, 6.07) is 4.21. The molecule has 2 rings (SSSR count). The summed E-state index contributed by atoms with van der Waals surface area (Å²) in [4.78, 5) is 8.69. The number of aryl methyl sites for hydroxylation is 1. The molecule has 4 heteroatoms. The molecule has 2 N–H and O–H groups in total. The molecule has 0 unspecified atom stereocenters. The van der Waals surface area contributed by atoms with Gasteiger partial charge in [0, 0.05) is 32.0 Å². The van der Waals surface area contributed by atoms with Gasteiger partial charge in [0.1, 0.15) is 0 Å². The molecule has 1 fully saturated rings. The smallest absolute Gasteiger partial charge is 0.191 e. The van der Waals surface area contributed by atoms with Gasteiger partial charge in [-0.15, -0.1) is 0 Å². The van der Waals surface area contributed by atoms with E-state index in [-0.39, 0.29) is 0 Å². The molecule has 1 aromatic heterocycles. The van der Waals surface area contributed by atoms with Crippen molar-refractivity contribution in [2.45, 2.75) is 52.9 Å². The SMILES string of the molecule is CN=C(NCCc1ccc(C)nc1)NCC1(CC(C)C)CCC1. The molecular formula is C19H32N4. The lowest BCUT2D eigenvalue weighted by atomic mass is 9.64. The van der Waals surface area contributed by atoms with Crippen molar-refractivity contribution >= 4 is 5.96 Å². The molecule has 1 aliphatic rings. The number of pyridine rings is 1. The first kappa shape index (κ1) is 17.8. The average Bonchev–Trinajstić information content (AvgIpc) is 2.49. The van der Waals surface area contributed by atoms with Gasteiger partial charge in [-0.2, -0.15) is 0 Å². The van der Waals surface area contributed by atoms with Gasteiger partial charge in [-0.25, -0.2) is 0 Å². The predicted octanol–water partition coefficient (Wildman–Crippen LogP) is 3.31. The van der Waals surface area contributed by atoms with Crippen LogP contribution in [0.15, 0.2) is 23.3 Å². The Morgan fingerprint density at radius 1 is 1.30 bits per heavy atom. The fourth-order valence-corrected chi connectivity index (χ4v) is 3.46. The van der Waals surface area contributed by atoms with Crippen LogP contribution in [0.25, 0.3) is 0 Å². The van der Waals surface area contributed by atoms with Crippen LogP contribution in [0.4, 0.5) is 0 Å². The third-order valence-corrected chi connectivity index (χ3v) is 4.79. The van der Waals surface area contributed by atoms with E-state index >= 15 is 0 Å². The van der Waals surface area contributed by atoms with E-state index in [0.717, 1.165) is 37.1 Å². The summed E-state index contributed by atoms with van der Waals surface area (Å²) in [5.74, 6) is 1.68. The van der Waals surface area contributed by atoms with Crippen molar-refractivity contribution in [3.8, 4) is 0 Å². The summed E-state index contributed by atoms with van der Waals surface area (Å²) in [6.07, 6.45) is 8.31. The van der Waals surface area contributed by atoms with Crippen LogP contribution in [0.1, 0.15) is 50.8 Å². The largest absolute Gasteiger partial charge is 0.356 e. The molecule has 0 aromatic carbocycles. The van der Waals surface area contributed by atoms with E-state index in [2.05, 4.69) is 46.6 Å². The summed E-state index contributed by atoms with van der Waals surface area (Å²) < 4.78 is 0. The molecule has 1 saturated carbocycles. The van der Waals surface area contributed by atoms with Crippen molar-refractivity contribution < 1.29 is 0 Å². The molecular weight excluding hydrogens is 284 g/mol. The predicted molar refractivity (Wildman–Crippen MR) is 97.8 cm³/mol. The molecule has 128 valence electrons. The second-order valence-electron chi connectivity index (χ2n) is 7.36. The van der Waals surface area contributed by atoms with E-state index in [1.54, 1.807) is 0 Å². The van der Waals surface area contributed by atoms with Crippen molar-refractivity contribution in [1.29, 1.82) is 0 Å². The molecule has 4 nitrogen and oxygen atoms in total. The van der Waals surface area contributed by atoms with Crippen LogP contribution in [0.5, 0.6) is 0 Å². The lowest BCUT2D eigenvalue weighted by Crippen LogP contribution is -2.47. The number of aromatic nitrogens is 1. The Hall–Kier alpha value is -1.58. The molecule has 0 aliphatic heterocycles. The van der Waals surface area contributed by atoms with Crippen LogP contribution >= 0.6 is 0 Å². The number of hydrogen-bond acceptors (Lipinski definition) is 2. The normalized spacial score (nSPS) is 17.0. The maximum Gasteiger partial charge on any atom is 0.191 e. The zero-order valence-corrected chi connectivity index (χ0v) is 15.2. The first-order valence-electron chi connectivity index (χ1n) is 8.89. The minimum atomic E-state index is 0.493. The van der Waals surface area contributed by atoms with E-state index in [0.29, 0.717) is 5.41 Å². The zero-order chi connectivity index (χ0) is 16.7. The van der Waals surface area contributed by atoms with Crippen LogP contribution in [0.2, 0.25) is 0 Å². The number of hydrogen-bond donors (Lipinski definition) is 2. The average molecular weight is 316 g/mol. The highest BCUT2D eigenvalue weighted by atomic mass is 15.2. The highest BCUT2D eigenvalue weighted by Gasteiger charge is 2.37. The summed E-state index contributed by atoms with van der Waals surface area (Å²) in [5, 5.41) is 6.95. The molecule has 0 spiro atoms. The van der Waals surface area contributed by atoms with Crippen molar-refractivity contribution in [1.82, 2.24) is 15.6 Å². The van der Waals surface area contributed by atoms with Gasteiger partial charge in [0.25, 0.3) is 0 Å². The molecule has 23 heavy (non-hydrogen) atoms. The van der Waals surface area contributed by atoms with Crippen LogP contribution in [0.3, 0.4) is 0 Å². The van der Waals surface area contributed by atoms with Crippen LogP contribution < -0.4 is 10.6 Å². The molecule has 1 aromatic rings. The van der Waals surface area contributed by atoms with Crippen molar-refractivity contribution in [2.75, 3.05) is 20.1 Å². The minimum absolute atomic E-state index is 0.493. The standard InChI is InChI=1S/C19H32N4/c1-15(2)12-19(9-5-10-19)14-23-18(20-4)21-11-8-17-7-6-16(3)22-13-17/h6-7,13,15H,5,8-12,14H2,1-4H3,(H2,20,21,23). The Kier molecular flexibility index (Phi) is 6.43. The van der Waals surface area contributed by atoms with E-state index in [9.17, 15) is 0 Å². The molecule has 0 radical (unpaired) electrons. The number of rotatable bonds is 7. The van der Waals surface area contributed by atoms with Crippen molar-refractivity contribution in [3.63, 3.8) is 0 Å². The van der Waals surface area contributed by atoms with E-state index < -0.39 is 0 Å². The van der Waals surface area contributed by atoms with Crippen LogP contribution in [0, 0.1) is 18.3 Å². The van der Waals surface area contributed by atoms with E-state index in [4.69, 9.17) is 0 Å². The Morgan fingerprint density at radius 2 is 2.09 bits per heavy atom. The third kappa shape index (κ3) is 5.52. The first-order valence-corrected chi connectivity index (χ1v) is 8.89. The molecule has 0 amide bonds. The van der Waals surface area contributed by atoms with Crippen LogP contribution in [-0.4, -0.2) is 31.1 Å². The van der Waals surface area contributed by atoms with Gasteiger partial charge in [-0.1, -0.05) is 26.3 Å². The molecule has 0 atom stereocenters. The van der Waals surface area contributed by atoms with Crippen molar-refractivity contribution in [3.05, 3.63) is 29.6 Å². The Labute approximate surface area is 141 Å². The Bertz CT molecular complexity index is 501. The number of aliphatic imine (C=N–C) groups is 1. The summed E-state index contributed by atoms with van der Waals surface area (Å²) in [7, 11) is 1.85. The number of guanidine groups is 1. The molecule has 0 bridgehead atoms. The number of nitrogens with zero attached hydrogens (tertiary/aromatic N) is 2. The maximum absolute atomic E-state index is 4.35. The Morgan fingerprint density at radius 3 is 2.61 bits per heavy atom. The minimum Gasteiger partial charge on any atom is -0.356 e. The van der Waals surface area contributed by atoms with Gasteiger partial charge in [0.15, 0.2) is 5.96 Å². The van der Waals surface area contributed by atoms with Gasteiger partial charge < -0.3 is 10.6 Å².